The number of fused-ring (bicyclic) bond motifs is 1. The van der Waals surface area contributed by atoms with Gasteiger partial charge in [0.05, 0.1) is 5.92 Å². The van der Waals surface area contributed by atoms with Gasteiger partial charge in [-0.1, -0.05) is 41.9 Å². The summed E-state index contributed by atoms with van der Waals surface area (Å²) in [6.07, 6.45) is -0.890. The molecule has 2 unspecified atom stereocenters. The molecule has 0 aromatic heterocycles. The Hall–Kier alpha value is -2.00. The first-order valence-corrected chi connectivity index (χ1v) is 6.28. The number of hydrogen-bond acceptors (Lipinski definition) is 2. The second kappa shape index (κ2) is 4.59. The van der Waals surface area contributed by atoms with Crippen LogP contribution in [0.5, 0.6) is 5.75 Å². The van der Waals surface area contributed by atoms with Crippen LogP contribution < -0.4 is 4.74 Å². The molecule has 0 saturated heterocycles. The maximum Gasteiger partial charge on any atom is 0.345 e. The fraction of sp³-hybridized carbons (Fsp3) is 0.133. The summed E-state index contributed by atoms with van der Waals surface area (Å²) in [5.41, 5.74) is 1.79. The Bertz CT molecular complexity index is 622. The third-order valence-corrected chi connectivity index (χ3v) is 3.54. The third-order valence-electron chi connectivity index (χ3n) is 3.28. The molecule has 0 spiro atoms. The van der Waals surface area contributed by atoms with E-state index in [0.717, 1.165) is 11.1 Å². The van der Waals surface area contributed by atoms with Gasteiger partial charge in [0, 0.05) is 10.6 Å². The fourth-order valence-corrected chi connectivity index (χ4v) is 2.56. The Morgan fingerprint density at radius 3 is 2.47 bits per heavy atom. The number of ether oxygens (including phenoxy) is 1. The van der Waals surface area contributed by atoms with Gasteiger partial charge in [-0.15, -0.1) is 0 Å². The first kappa shape index (κ1) is 12.1. The van der Waals surface area contributed by atoms with Gasteiger partial charge in [-0.3, -0.25) is 0 Å². The number of benzene rings is 2. The molecule has 19 heavy (non-hydrogen) atoms. The molecule has 1 aliphatic rings. The zero-order valence-electron chi connectivity index (χ0n) is 9.92. The number of carboxylic acids is 1. The quantitative estimate of drug-likeness (QED) is 0.914. The monoisotopic (exact) mass is 274 g/mol. The van der Waals surface area contributed by atoms with E-state index in [1.54, 1.807) is 18.2 Å². The number of halogens is 1. The molecule has 96 valence electrons. The van der Waals surface area contributed by atoms with Gasteiger partial charge >= 0.3 is 5.97 Å². The molecule has 2 aromatic carbocycles. The molecule has 0 aliphatic carbocycles. The lowest BCUT2D eigenvalue weighted by Crippen LogP contribution is -2.29. The lowest BCUT2D eigenvalue weighted by molar-refractivity contribution is -0.144. The van der Waals surface area contributed by atoms with Crippen LogP contribution in [-0.4, -0.2) is 17.2 Å². The minimum Gasteiger partial charge on any atom is -0.478 e. The number of hydrogen-bond donors (Lipinski definition) is 1. The number of carboxylic acid groups (broad SMARTS) is 1. The SMILES string of the molecule is O=C(O)C1Oc2ccccc2C1c1ccc(Cl)cc1. The molecule has 0 saturated carbocycles. The summed E-state index contributed by atoms with van der Waals surface area (Å²) >= 11 is 5.87. The lowest BCUT2D eigenvalue weighted by atomic mass is 9.88. The van der Waals surface area contributed by atoms with E-state index in [-0.39, 0.29) is 5.92 Å². The highest BCUT2D eigenvalue weighted by atomic mass is 35.5. The van der Waals surface area contributed by atoms with Crippen LogP contribution in [0.1, 0.15) is 17.0 Å². The summed E-state index contributed by atoms with van der Waals surface area (Å²) in [4.78, 5) is 11.4. The molecule has 3 rings (SSSR count). The summed E-state index contributed by atoms with van der Waals surface area (Å²) in [5.74, 6) is -0.628. The van der Waals surface area contributed by atoms with Crippen molar-refractivity contribution in [2.75, 3.05) is 0 Å². The van der Waals surface area contributed by atoms with Gasteiger partial charge < -0.3 is 9.84 Å². The maximum atomic E-state index is 11.4. The molecule has 0 amide bonds. The van der Waals surface area contributed by atoms with Gasteiger partial charge in [0.25, 0.3) is 0 Å². The van der Waals surface area contributed by atoms with Crippen LogP contribution in [-0.2, 0) is 4.79 Å². The standard InChI is InChI=1S/C15H11ClO3/c16-10-7-5-9(6-8-10)13-11-3-1-2-4-12(11)19-14(13)15(17)18/h1-8,13-14H,(H,17,18). The zero-order chi connectivity index (χ0) is 13.4. The minimum absolute atomic E-state index is 0.300. The van der Waals surface area contributed by atoms with Gasteiger partial charge in [-0.25, -0.2) is 4.79 Å². The van der Waals surface area contributed by atoms with E-state index < -0.39 is 12.1 Å². The lowest BCUT2D eigenvalue weighted by Gasteiger charge is -2.15. The minimum atomic E-state index is -0.962. The average Bonchev–Trinajstić information content (AvgIpc) is 2.79. The summed E-state index contributed by atoms with van der Waals surface area (Å²) in [7, 11) is 0. The van der Waals surface area contributed by atoms with Crippen LogP contribution in [0.25, 0.3) is 0 Å². The van der Waals surface area contributed by atoms with E-state index in [4.69, 9.17) is 16.3 Å². The predicted octanol–water partition coefficient (Wildman–Crippen LogP) is 3.32. The largest absolute Gasteiger partial charge is 0.478 e. The van der Waals surface area contributed by atoms with Gasteiger partial charge in [0.15, 0.2) is 0 Å². The molecule has 2 atom stereocenters. The highest BCUT2D eigenvalue weighted by molar-refractivity contribution is 6.30. The van der Waals surface area contributed by atoms with E-state index >= 15 is 0 Å². The summed E-state index contributed by atoms with van der Waals surface area (Å²) < 4.78 is 5.53. The molecular formula is C15H11ClO3. The highest BCUT2D eigenvalue weighted by Crippen LogP contribution is 2.42. The molecule has 0 fully saturated rings. The molecular weight excluding hydrogens is 264 g/mol. The van der Waals surface area contributed by atoms with Crippen molar-refractivity contribution in [3.8, 4) is 5.75 Å². The molecule has 2 aromatic rings. The molecule has 3 nitrogen and oxygen atoms in total. The Balaban J connectivity index is 2.09. The average molecular weight is 275 g/mol. The zero-order valence-corrected chi connectivity index (χ0v) is 10.7. The molecule has 1 aliphatic heterocycles. The van der Waals surface area contributed by atoms with Crippen LogP contribution in [0.4, 0.5) is 0 Å². The summed E-state index contributed by atoms with van der Waals surface area (Å²) in [5, 5.41) is 9.95. The van der Waals surface area contributed by atoms with Crippen molar-refractivity contribution in [3.63, 3.8) is 0 Å². The predicted molar refractivity (Wildman–Crippen MR) is 71.8 cm³/mol. The fourth-order valence-electron chi connectivity index (χ4n) is 2.43. The first-order valence-electron chi connectivity index (χ1n) is 5.90. The summed E-state index contributed by atoms with van der Waals surface area (Å²) in [6.45, 7) is 0. The van der Waals surface area contributed by atoms with Crippen LogP contribution >= 0.6 is 11.6 Å². The topological polar surface area (TPSA) is 46.5 Å². The van der Waals surface area contributed by atoms with E-state index in [1.165, 1.54) is 0 Å². The Morgan fingerprint density at radius 2 is 1.79 bits per heavy atom. The van der Waals surface area contributed by atoms with E-state index in [9.17, 15) is 9.90 Å². The van der Waals surface area contributed by atoms with Gasteiger partial charge in [0.2, 0.25) is 6.10 Å². The molecule has 4 heteroatoms. The Labute approximate surface area is 115 Å². The van der Waals surface area contributed by atoms with Crippen molar-refractivity contribution in [3.05, 3.63) is 64.7 Å². The second-order valence-electron chi connectivity index (χ2n) is 4.44. The van der Waals surface area contributed by atoms with Gasteiger partial charge in [0.1, 0.15) is 5.75 Å². The van der Waals surface area contributed by atoms with Crippen molar-refractivity contribution < 1.29 is 14.6 Å². The van der Waals surface area contributed by atoms with Crippen LogP contribution in [0.3, 0.4) is 0 Å². The molecule has 1 N–H and O–H groups in total. The number of carbonyl (C=O) groups is 1. The maximum absolute atomic E-state index is 11.4. The third kappa shape index (κ3) is 2.06. The van der Waals surface area contributed by atoms with Crippen molar-refractivity contribution >= 4 is 17.6 Å². The number of rotatable bonds is 2. The van der Waals surface area contributed by atoms with E-state index in [1.807, 2.05) is 30.3 Å². The molecule has 0 radical (unpaired) electrons. The Kier molecular flexibility index (Phi) is 2.91. The smallest absolute Gasteiger partial charge is 0.345 e. The van der Waals surface area contributed by atoms with Crippen LogP contribution in [0, 0.1) is 0 Å². The van der Waals surface area contributed by atoms with E-state index in [0.29, 0.717) is 10.8 Å². The normalized spacial score (nSPS) is 20.7. The summed E-state index contributed by atoms with van der Waals surface area (Å²) in [6, 6.07) is 14.6. The molecule has 1 heterocycles. The second-order valence-corrected chi connectivity index (χ2v) is 4.88. The number of para-hydroxylation sites is 1. The first-order chi connectivity index (χ1) is 9.16. The van der Waals surface area contributed by atoms with Crippen LogP contribution in [0.15, 0.2) is 48.5 Å². The Morgan fingerprint density at radius 1 is 1.11 bits per heavy atom. The van der Waals surface area contributed by atoms with Gasteiger partial charge in [-0.2, -0.15) is 0 Å². The van der Waals surface area contributed by atoms with Crippen molar-refractivity contribution in [1.82, 2.24) is 0 Å². The van der Waals surface area contributed by atoms with Crippen molar-refractivity contribution in [2.45, 2.75) is 12.0 Å². The van der Waals surface area contributed by atoms with Crippen LogP contribution in [0.2, 0.25) is 5.02 Å². The van der Waals surface area contributed by atoms with Gasteiger partial charge in [-0.05, 0) is 23.8 Å². The highest BCUT2D eigenvalue weighted by Gasteiger charge is 2.40. The number of aliphatic carboxylic acids is 1. The van der Waals surface area contributed by atoms with Crippen molar-refractivity contribution in [1.29, 1.82) is 0 Å². The molecule has 0 bridgehead atoms. The van der Waals surface area contributed by atoms with Crippen molar-refractivity contribution in [2.24, 2.45) is 0 Å². The van der Waals surface area contributed by atoms with E-state index in [2.05, 4.69) is 0 Å².